The summed E-state index contributed by atoms with van der Waals surface area (Å²) in [6.07, 6.45) is 10.0. The normalized spacial score (nSPS) is 31.4. The third-order valence-electron chi connectivity index (χ3n) is 10.3. The number of carbonyl (C=O) groups excluding carboxylic acids is 2. The van der Waals surface area contributed by atoms with Crippen LogP contribution in [0.3, 0.4) is 0 Å². The molecule has 0 N–H and O–H groups in total. The second kappa shape index (κ2) is 14.3. The number of nitrogens with zero attached hydrogens (tertiary/aromatic N) is 1. The lowest BCUT2D eigenvalue weighted by Crippen LogP contribution is -2.46. The number of hydrogen-bond acceptors (Lipinski definition) is 7. The lowest BCUT2D eigenvalue weighted by molar-refractivity contribution is -0.172. The monoisotopic (exact) mass is 627 g/mol. The molecule has 1 amide bonds. The van der Waals surface area contributed by atoms with Crippen molar-refractivity contribution in [2.75, 3.05) is 21.3 Å². The predicted octanol–water partition coefficient (Wildman–Crippen LogP) is 6.72. The molecule has 0 unspecified atom stereocenters. The minimum Gasteiger partial charge on any atom is -0.497 e. The number of esters is 1. The van der Waals surface area contributed by atoms with Crippen LogP contribution in [-0.2, 0) is 34.9 Å². The summed E-state index contributed by atoms with van der Waals surface area (Å²) in [7, 11) is 2.53. The molecule has 4 rings (SSSR count). The van der Waals surface area contributed by atoms with E-state index in [-0.39, 0.29) is 47.3 Å². The lowest BCUT2D eigenvalue weighted by atomic mass is 9.69. The summed E-state index contributed by atoms with van der Waals surface area (Å²) in [5.41, 5.74) is 1.12. The molecule has 8 atom stereocenters. The highest BCUT2D eigenvalue weighted by molar-refractivity contribution is 6.74. The minimum atomic E-state index is -2.16. The number of fused-ring (bicyclic) bond motifs is 3. The number of cyclic esters (lactones) is 1. The van der Waals surface area contributed by atoms with Crippen molar-refractivity contribution in [3.8, 4) is 5.75 Å². The maximum atomic E-state index is 13.1. The van der Waals surface area contributed by atoms with E-state index in [1.165, 1.54) is 12.2 Å². The third kappa shape index (κ3) is 8.22. The van der Waals surface area contributed by atoms with E-state index in [0.29, 0.717) is 24.9 Å². The van der Waals surface area contributed by atoms with E-state index in [4.69, 9.17) is 23.5 Å². The molecule has 8 nitrogen and oxygen atoms in total. The number of carbonyl (C=O) groups is 2. The van der Waals surface area contributed by atoms with Crippen molar-refractivity contribution < 1.29 is 33.1 Å². The zero-order valence-electron chi connectivity index (χ0n) is 28.1. The van der Waals surface area contributed by atoms with Crippen LogP contribution in [0.5, 0.6) is 5.75 Å². The SMILES string of the molecule is COc1ccc(CO[C@H]2[C@@H]3C=C[C@H]4C[C@H](O[Si](C)(C)C(C)(C)C)C[C@H](CC(=O)N(C)OC)OC(=O)/C=C\[C@H]4[C@@H]3C[C@H]2C)cc1. The number of rotatable bonds is 9. The quantitative estimate of drug-likeness (QED) is 0.130. The van der Waals surface area contributed by atoms with E-state index in [1.807, 2.05) is 12.1 Å². The van der Waals surface area contributed by atoms with Crippen LogP contribution in [0.4, 0.5) is 0 Å². The average molecular weight is 628 g/mol. The highest BCUT2D eigenvalue weighted by atomic mass is 28.4. The molecule has 1 aromatic carbocycles. The Bertz CT molecular complexity index is 1190. The van der Waals surface area contributed by atoms with E-state index in [9.17, 15) is 9.59 Å². The van der Waals surface area contributed by atoms with Crippen LogP contribution in [0.25, 0.3) is 0 Å². The van der Waals surface area contributed by atoms with Gasteiger partial charge in [-0.15, -0.1) is 0 Å². The molecule has 0 saturated heterocycles. The number of allylic oxidation sites excluding steroid dienone is 2. The molecule has 0 aromatic heterocycles. The molecular formula is C35H53NO7Si. The van der Waals surface area contributed by atoms with Gasteiger partial charge < -0.3 is 18.6 Å². The first-order chi connectivity index (χ1) is 20.7. The van der Waals surface area contributed by atoms with E-state index in [1.54, 1.807) is 20.2 Å². The summed E-state index contributed by atoms with van der Waals surface area (Å²) < 4.78 is 24.8. The summed E-state index contributed by atoms with van der Waals surface area (Å²) in [5, 5.41) is 1.20. The second-order valence-electron chi connectivity index (χ2n) is 14.4. The molecule has 1 heterocycles. The van der Waals surface area contributed by atoms with E-state index in [0.717, 1.165) is 24.2 Å². The van der Waals surface area contributed by atoms with E-state index in [2.05, 4.69) is 71.1 Å². The van der Waals surface area contributed by atoms with Gasteiger partial charge in [-0.3, -0.25) is 9.63 Å². The van der Waals surface area contributed by atoms with Crippen molar-refractivity contribution >= 4 is 20.2 Å². The fraction of sp³-hybridized carbons (Fsp3) is 0.657. The van der Waals surface area contributed by atoms with Gasteiger partial charge in [0.05, 0.1) is 33.4 Å². The Morgan fingerprint density at radius 1 is 1.02 bits per heavy atom. The maximum Gasteiger partial charge on any atom is 0.330 e. The summed E-state index contributed by atoms with van der Waals surface area (Å²) in [4.78, 5) is 31.0. The Labute approximate surface area is 265 Å². The number of hydroxylamine groups is 2. The Morgan fingerprint density at radius 3 is 2.36 bits per heavy atom. The largest absolute Gasteiger partial charge is 0.497 e. The van der Waals surface area contributed by atoms with Gasteiger partial charge in [0, 0.05) is 31.6 Å². The summed E-state index contributed by atoms with van der Waals surface area (Å²) in [6.45, 7) is 14.0. The highest BCUT2D eigenvalue weighted by Crippen LogP contribution is 2.50. The Balaban J connectivity index is 1.57. The van der Waals surface area contributed by atoms with Gasteiger partial charge in [0.25, 0.3) is 0 Å². The van der Waals surface area contributed by atoms with Crippen molar-refractivity contribution in [2.45, 2.75) is 96.4 Å². The van der Waals surface area contributed by atoms with Crippen LogP contribution >= 0.6 is 0 Å². The van der Waals surface area contributed by atoms with E-state index >= 15 is 0 Å². The van der Waals surface area contributed by atoms with Crippen LogP contribution in [0.1, 0.15) is 58.9 Å². The number of ether oxygens (including phenoxy) is 3. The van der Waals surface area contributed by atoms with E-state index < -0.39 is 20.4 Å². The lowest BCUT2D eigenvalue weighted by Gasteiger charge is -2.43. The van der Waals surface area contributed by atoms with Crippen molar-refractivity contribution in [2.24, 2.45) is 29.6 Å². The van der Waals surface area contributed by atoms with Gasteiger partial charge in [-0.1, -0.05) is 58.1 Å². The van der Waals surface area contributed by atoms with Crippen molar-refractivity contribution in [1.29, 1.82) is 0 Å². The number of hydrogen-bond donors (Lipinski definition) is 0. The van der Waals surface area contributed by atoms with Gasteiger partial charge in [-0.25, -0.2) is 9.86 Å². The van der Waals surface area contributed by atoms with Crippen LogP contribution < -0.4 is 4.74 Å². The topological polar surface area (TPSA) is 83.5 Å². The summed E-state index contributed by atoms with van der Waals surface area (Å²) in [5.74, 6) is 1.55. The van der Waals surface area contributed by atoms with Crippen LogP contribution in [-0.4, -0.2) is 64.8 Å². The molecule has 0 spiro atoms. The number of amides is 1. The van der Waals surface area contributed by atoms with Gasteiger partial charge in [-0.05, 0) is 72.3 Å². The average Bonchev–Trinajstić information content (AvgIpc) is 3.28. The maximum absolute atomic E-state index is 13.1. The fourth-order valence-corrected chi connectivity index (χ4v) is 8.19. The smallest absolute Gasteiger partial charge is 0.330 e. The molecule has 1 aromatic rings. The molecule has 44 heavy (non-hydrogen) atoms. The van der Waals surface area contributed by atoms with Gasteiger partial charge in [0.2, 0.25) is 5.91 Å². The molecule has 0 bridgehead atoms. The molecular weight excluding hydrogens is 574 g/mol. The zero-order valence-corrected chi connectivity index (χ0v) is 29.1. The Kier molecular flexibility index (Phi) is 11.2. The molecule has 1 saturated carbocycles. The minimum absolute atomic E-state index is 0.0166. The van der Waals surface area contributed by atoms with Crippen LogP contribution in [0.2, 0.25) is 18.1 Å². The third-order valence-corrected chi connectivity index (χ3v) is 14.9. The fourth-order valence-electron chi connectivity index (χ4n) is 6.81. The molecule has 3 aliphatic rings. The first-order valence-electron chi connectivity index (χ1n) is 16.0. The predicted molar refractivity (Wildman–Crippen MR) is 173 cm³/mol. The number of benzene rings is 1. The molecule has 1 fully saturated rings. The van der Waals surface area contributed by atoms with Crippen molar-refractivity contribution in [3.05, 3.63) is 54.1 Å². The van der Waals surface area contributed by atoms with Gasteiger partial charge in [0.15, 0.2) is 8.32 Å². The summed E-state index contributed by atoms with van der Waals surface area (Å²) in [6, 6.07) is 8.03. The van der Waals surface area contributed by atoms with Crippen molar-refractivity contribution in [1.82, 2.24) is 5.06 Å². The van der Waals surface area contributed by atoms with Gasteiger partial charge >= 0.3 is 5.97 Å². The highest BCUT2D eigenvalue weighted by Gasteiger charge is 2.48. The first kappa shape index (κ1) is 34.4. The van der Waals surface area contributed by atoms with Crippen LogP contribution in [0.15, 0.2) is 48.6 Å². The zero-order chi connectivity index (χ0) is 32.2. The molecule has 9 heteroatoms. The van der Waals surface area contributed by atoms with Crippen molar-refractivity contribution in [3.63, 3.8) is 0 Å². The first-order valence-corrected chi connectivity index (χ1v) is 18.9. The molecule has 1 aliphatic heterocycles. The van der Waals surface area contributed by atoms with Gasteiger partial charge in [-0.2, -0.15) is 0 Å². The van der Waals surface area contributed by atoms with Crippen LogP contribution in [0, 0.1) is 29.6 Å². The molecule has 244 valence electrons. The van der Waals surface area contributed by atoms with Gasteiger partial charge in [0.1, 0.15) is 11.9 Å². The molecule has 0 radical (unpaired) electrons. The molecule has 2 aliphatic carbocycles. The standard InChI is InChI=1S/C35H53NO7Si/c1-23-18-31-29-16-17-33(38)42-27(21-32(37)36(5)40-7)20-28(43-44(8,9)35(2,3)4)19-25(29)12-15-30(31)34(23)41-22-24-10-13-26(39-6)14-11-24/h10-17,23,25,27-31,34H,18-22H2,1-9H3/b17-16-/t23-,25+,27-,28+,29-,30-,31+,34-/m1/s1. The Morgan fingerprint density at radius 2 is 1.73 bits per heavy atom. The number of methoxy groups -OCH3 is 1. The Hall–Kier alpha value is -2.46. The second-order valence-corrected chi connectivity index (χ2v) is 19.1. The summed E-state index contributed by atoms with van der Waals surface area (Å²) >= 11 is 0.